The van der Waals surface area contributed by atoms with E-state index >= 15 is 0 Å². The number of rotatable bonds is 6. The molecular formula is C14H25N3O3. The second-order valence-electron chi connectivity index (χ2n) is 6.17. The summed E-state index contributed by atoms with van der Waals surface area (Å²) in [5, 5.41) is 13.1. The fourth-order valence-corrected chi connectivity index (χ4v) is 2.88. The van der Waals surface area contributed by atoms with Gasteiger partial charge in [-0.05, 0) is 25.3 Å². The number of carbonyl (C=O) groups excluding carboxylic acids is 2. The molecule has 0 radical (unpaired) electrons. The van der Waals surface area contributed by atoms with Crippen molar-refractivity contribution in [3.05, 3.63) is 0 Å². The van der Waals surface area contributed by atoms with Crippen LogP contribution in [0.25, 0.3) is 0 Å². The van der Waals surface area contributed by atoms with E-state index in [-0.39, 0.29) is 30.9 Å². The third kappa shape index (κ3) is 3.49. The van der Waals surface area contributed by atoms with Crippen molar-refractivity contribution < 1.29 is 14.7 Å². The van der Waals surface area contributed by atoms with Gasteiger partial charge in [0.15, 0.2) is 0 Å². The SMILES string of the molecule is CC(C)CNCC(O)CN1CC(=O)N2CCCC2C1=O. The molecule has 0 saturated carbocycles. The topological polar surface area (TPSA) is 72.9 Å². The Balaban J connectivity index is 1.83. The molecule has 2 fully saturated rings. The van der Waals surface area contributed by atoms with Gasteiger partial charge in [0.25, 0.3) is 0 Å². The highest BCUT2D eigenvalue weighted by atomic mass is 16.3. The molecule has 2 heterocycles. The molecule has 114 valence electrons. The summed E-state index contributed by atoms with van der Waals surface area (Å²) in [5.74, 6) is 0.520. The van der Waals surface area contributed by atoms with Crippen molar-refractivity contribution in [3.63, 3.8) is 0 Å². The molecular weight excluding hydrogens is 258 g/mol. The Morgan fingerprint density at radius 3 is 2.80 bits per heavy atom. The third-order valence-corrected chi connectivity index (χ3v) is 3.86. The highest BCUT2D eigenvalue weighted by Gasteiger charge is 2.42. The third-order valence-electron chi connectivity index (χ3n) is 3.86. The maximum absolute atomic E-state index is 12.3. The van der Waals surface area contributed by atoms with Gasteiger partial charge in [-0.1, -0.05) is 13.8 Å². The summed E-state index contributed by atoms with van der Waals surface area (Å²) in [6, 6.07) is -0.285. The predicted octanol–water partition coefficient (Wildman–Crippen LogP) is -0.574. The van der Waals surface area contributed by atoms with Gasteiger partial charge >= 0.3 is 0 Å². The van der Waals surface area contributed by atoms with Crippen LogP contribution in [0, 0.1) is 5.92 Å². The molecule has 0 aliphatic carbocycles. The van der Waals surface area contributed by atoms with Crippen LogP contribution < -0.4 is 5.32 Å². The summed E-state index contributed by atoms with van der Waals surface area (Å²) in [7, 11) is 0. The molecule has 2 N–H and O–H groups in total. The Kier molecular flexibility index (Phi) is 4.99. The number of hydrogen-bond donors (Lipinski definition) is 2. The number of amides is 2. The van der Waals surface area contributed by atoms with Crippen molar-refractivity contribution in [2.24, 2.45) is 5.92 Å². The molecule has 0 spiro atoms. The van der Waals surface area contributed by atoms with Crippen molar-refractivity contribution in [1.29, 1.82) is 0 Å². The number of β-amino-alcohol motifs (C(OH)–C–C–N with tert-alkyl or cyclic N) is 1. The molecule has 2 unspecified atom stereocenters. The molecule has 2 aliphatic rings. The maximum atomic E-state index is 12.3. The van der Waals surface area contributed by atoms with Gasteiger partial charge in [-0.15, -0.1) is 0 Å². The Morgan fingerprint density at radius 1 is 1.35 bits per heavy atom. The second-order valence-corrected chi connectivity index (χ2v) is 6.17. The largest absolute Gasteiger partial charge is 0.390 e. The molecule has 2 rings (SSSR count). The fraction of sp³-hybridized carbons (Fsp3) is 0.857. The summed E-state index contributed by atoms with van der Waals surface area (Å²) in [4.78, 5) is 27.4. The summed E-state index contributed by atoms with van der Waals surface area (Å²) >= 11 is 0. The van der Waals surface area contributed by atoms with Gasteiger partial charge < -0.3 is 20.2 Å². The lowest BCUT2D eigenvalue weighted by Crippen LogP contribution is -2.59. The van der Waals surface area contributed by atoms with Crippen molar-refractivity contribution in [3.8, 4) is 0 Å². The molecule has 0 aromatic rings. The molecule has 2 atom stereocenters. The van der Waals surface area contributed by atoms with Crippen molar-refractivity contribution >= 4 is 11.8 Å². The van der Waals surface area contributed by atoms with Gasteiger partial charge in [-0.2, -0.15) is 0 Å². The van der Waals surface area contributed by atoms with Gasteiger partial charge in [0, 0.05) is 19.6 Å². The quantitative estimate of drug-likeness (QED) is 0.684. The molecule has 6 nitrogen and oxygen atoms in total. The predicted molar refractivity (Wildman–Crippen MR) is 75.0 cm³/mol. The Labute approximate surface area is 120 Å². The standard InChI is InChI=1S/C14H25N3O3/c1-10(2)6-15-7-11(18)8-16-9-13(19)17-5-3-4-12(17)14(16)20/h10-12,15,18H,3-9H2,1-2H3. The molecule has 0 aromatic carbocycles. The van der Waals surface area contributed by atoms with Crippen LogP contribution in [0.2, 0.25) is 0 Å². The number of carbonyl (C=O) groups is 2. The lowest BCUT2D eigenvalue weighted by atomic mass is 10.1. The molecule has 6 heteroatoms. The maximum Gasteiger partial charge on any atom is 0.245 e. The van der Waals surface area contributed by atoms with Gasteiger partial charge in [0.05, 0.1) is 12.6 Å². The van der Waals surface area contributed by atoms with E-state index in [1.54, 1.807) is 4.90 Å². The minimum atomic E-state index is -0.626. The van der Waals surface area contributed by atoms with Gasteiger partial charge in [0.2, 0.25) is 11.8 Å². The van der Waals surface area contributed by atoms with Crippen LogP contribution in [0.3, 0.4) is 0 Å². The van der Waals surface area contributed by atoms with E-state index < -0.39 is 6.10 Å². The first-order valence-corrected chi connectivity index (χ1v) is 7.46. The monoisotopic (exact) mass is 283 g/mol. The molecule has 2 aliphatic heterocycles. The zero-order valence-corrected chi connectivity index (χ0v) is 12.3. The van der Waals surface area contributed by atoms with Crippen LogP contribution >= 0.6 is 0 Å². The van der Waals surface area contributed by atoms with Crippen molar-refractivity contribution in [1.82, 2.24) is 15.1 Å². The van der Waals surface area contributed by atoms with Gasteiger partial charge in [0.1, 0.15) is 6.04 Å². The smallest absolute Gasteiger partial charge is 0.245 e. The molecule has 0 bridgehead atoms. The second kappa shape index (κ2) is 6.54. The highest BCUT2D eigenvalue weighted by molar-refractivity contribution is 5.95. The average molecular weight is 283 g/mol. The Morgan fingerprint density at radius 2 is 2.10 bits per heavy atom. The van der Waals surface area contributed by atoms with Crippen molar-refractivity contribution in [2.45, 2.75) is 38.8 Å². The number of fused-ring (bicyclic) bond motifs is 1. The fourth-order valence-electron chi connectivity index (χ4n) is 2.88. The normalized spacial score (nSPS) is 24.5. The summed E-state index contributed by atoms with van der Waals surface area (Å²) in [6.07, 6.45) is 1.02. The summed E-state index contributed by atoms with van der Waals surface area (Å²) < 4.78 is 0. The minimum absolute atomic E-state index is 0.00874. The van der Waals surface area contributed by atoms with Crippen LogP contribution in [0.4, 0.5) is 0 Å². The first-order valence-electron chi connectivity index (χ1n) is 7.46. The lowest BCUT2D eigenvalue weighted by molar-refractivity contribution is -0.154. The lowest BCUT2D eigenvalue weighted by Gasteiger charge is -2.37. The van der Waals surface area contributed by atoms with Crippen LogP contribution in [0.5, 0.6) is 0 Å². The van der Waals surface area contributed by atoms with E-state index in [1.165, 1.54) is 4.90 Å². The van der Waals surface area contributed by atoms with Crippen molar-refractivity contribution in [2.75, 3.05) is 32.7 Å². The van der Waals surface area contributed by atoms with E-state index in [0.717, 1.165) is 19.4 Å². The van der Waals surface area contributed by atoms with Crippen LogP contribution in [0.1, 0.15) is 26.7 Å². The van der Waals surface area contributed by atoms with Crippen LogP contribution in [-0.4, -0.2) is 71.6 Å². The average Bonchev–Trinajstić information content (AvgIpc) is 2.85. The van der Waals surface area contributed by atoms with E-state index in [1.807, 2.05) is 0 Å². The molecule has 0 aromatic heterocycles. The zero-order chi connectivity index (χ0) is 14.7. The summed E-state index contributed by atoms with van der Waals surface area (Å²) in [6.45, 7) is 6.52. The van der Waals surface area contributed by atoms with E-state index in [4.69, 9.17) is 0 Å². The summed E-state index contributed by atoms with van der Waals surface area (Å²) in [5.41, 5.74) is 0. The number of piperazine rings is 1. The number of aliphatic hydroxyl groups is 1. The number of hydrogen-bond acceptors (Lipinski definition) is 4. The first-order chi connectivity index (χ1) is 9.49. The Bertz CT molecular complexity index is 373. The number of nitrogens with one attached hydrogen (secondary N) is 1. The number of nitrogens with zero attached hydrogens (tertiary/aromatic N) is 2. The van der Waals surface area contributed by atoms with Crippen LogP contribution in [-0.2, 0) is 9.59 Å². The number of aliphatic hydroxyl groups excluding tert-OH is 1. The molecule has 20 heavy (non-hydrogen) atoms. The minimum Gasteiger partial charge on any atom is -0.390 e. The van der Waals surface area contributed by atoms with Crippen LogP contribution in [0.15, 0.2) is 0 Å². The highest BCUT2D eigenvalue weighted by Crippen LogP contribution is 2.23. The van der Waals surface area contributed by atoms with E-state index in [0.29, 0.717) is 19.0 Å². The zero-order valence-electron chi connectivity index (χ0n) is 12.3. The molecule has 2 saturated heterocycles. The van der Waals surface area contributed by atoms with E-state index in [9.17, 15) is 14.7 Å². The first kappa shape index (κ1) is 15.3. The Hall–Kier alpha value is -1.14. The van der Waals surface area contributed by atoms with Gasteiger partial charge in [-0.25, -0.2) is 0 Å². The molecule has 2 amide bonds. The van der Waals surface area contributed by atoms with Gasteiger partial charge in [-0.3, -0.25) is 9.59 Å². The van der Waals surface area contributed by atoms with E-state index in [2.05, 4.69) is 19.2 Å².